The molecule has 2 nitrogen and oxygen atoms in total. The lowest BCUT2D eigenvalue weighted by molar-refractivity contribution is 0.599. The Morgan fingerprint density at radius 2 is 2.10 bits per heavy atom. The van der Waals surface area contributed by atoms with Crippen molar-refractivity contribution in [1.29, 1.82) is 0 Å². The van der Waals surface area contributed by atoms with Crippen LogP contribution in [0.5, 0.6) is 0 Å². The molecular formula is C7H5NOS. The number of hydrogen-bond acceptors (Lipinski definition) is 2. The molecule has 1 heterocycles. The number of thiazole rings is 1. The highest BCUT2D eigenvalue weighted by Crippen LogP contribution is 2.24. The van der Waals surface area contributed by atoms with Gasteiger partial charge in [0.05, 0.1) is 0 Å². The summed E-state index contributed by atoms with van der Waals surface area (Å²) in [6.07, 6.45) is 0. The van der Waals surface area contributed by atoms with Crippen LogP contribution in [-0.4, -0.2) is 9.54 Å². The Bertz CT molecular complexity index is 355. The van der Waals surface area contributed by atoms with Crippen LogP contribution in [0.1, 0.15) is 0 Å². The second-order valence-electron chi connectivity index (χ2n) is 2.00. The van der Waals surface area contributed by atoms with Crippen LogP contribution in [-0.2, 0) is 0 Å². The molecule has 2 aromatic rings. The van der Waals surface area contributed by atoms with E-state index in [0.29, 0.717) is 0 Å². The monoisotopic (exact) mass is 151 g/mol. The van der Waals surface area contributed by atoms with Gasteiger partial charge in [-0.1, -0.05) is 12.1 Å². The minimum Gasteiger partial charge on any atom is -0.589 e. The highest BCUT2D eigenvalue weighted by molar-refractivity contribution is 7.29. The molecule has 0 fully saturated rings. The molecule has 1 aromatic carbocycles. The molecule has 0 radical (unpaired) electrons. The van der Waals surface area contributed by atoms with Crippen LogP contribution in [0.2, 0.25) is 0 Å². The zero-order valence-electron chi connectivity index (χ0n) is 5.15. The Morgan fingerprint density at radius 3 is 2.90 bits per heavy atom. The first-order valence-corrected chi connectivity index (χ1v) is 4.13. The van der Waals surface area contributed by atoms with Crippen molar-refractivity contribution < 1.29 is 4.55 Å². The highest BCUT2D eigenvalue weighted by Gasteiger charge is 2.02. The van der Waals surface area contributed by atoms with E-state index in [1.165, 1.54) is 5.51 Å². The number of nitrogens with zero attached hydrogens (tertiary/aromatic N) is 1. The molecule has 10 heavy (non-hydrogen) atoms. The summed E-state index contributed by atoms with van der Waals surface area (Å²) >= 11 is 0. The number of fused-ring (bicyclic) bond motifs is 1. The molecule has 3 heteroatoms. The smallest absolute Gasteiger partial charge is 0.229 e. The van der Waals surface area contributed by atoms with E-state index in [1.54, 1.807) is 0 Å². The van der Waals surface area contributed by atoms with Gasteiger partial charge >= 0.3 is 0 Å². The van der Waals surface area contributed by atoms with E-state index in [1.807, 2.05) is 24.3 Å². The van der Waals surface area contributed by atoms with Gasteiger partial charge in [-0.25, -0.2) is 0 Å². The quantitative estimate of drug-likeness (QED) is 0.539. The van der Waals surface area contributed by atoms with Crippen molar-refractivity contribution in [2.75, 3.05) is 0 Å². The van der Waals surface area contributed by atoms with Gasteiger partial charge in [0.25, 0.3) is 0 Å². The third-order valence-electron chi connectivity index (χ3n) is 1.37. The Kier molecular flexibility index (Phi) is 1.19. The van der Waals surface area contributed by atoms with E-state index >= 15 is 0 Å². The molecule has 0 bridgehead atoms. The summed E-state index contributed by atoms with van der Waals surface area (Å²) in [5.74, 6) is 0. The number of hydrogen-bond donors (Lipinski definition) is 0. The van der Waals surface area contributed by atoms with Gasteiger partial charge in [-0.05, 0) is 16.8 Å². The number of benzene rings is 1. The van der Waals surface area contributed by atoms with Crippen LogP contribution >= 0.6 is 10.8 Å². The van der Waals surface area contributed by atoms with Gasteiger partial charge in [-0.15, -0.1) is 0 Å². The normalized spacial score (nSPS) is 12.3. The van der Waals surface area contributed by atoms with Gasteiger partial charge in [0.1, 0.15) is 5.52 Å². The first kappa shape index (κ1) is 5.82. The summed E-state index contributed by atoms with van der Waals surface area (Å²) in [5, 5.41) is 0. The standard InChI is InChI=1S/C7H5NOS/c9-10-5-8-6-3-1-2-4-7(6)10/h1-5H. The van der Waals surface area contributed by atoms with Crippen LogP contribution < -0.4 is 0 Å². The molecule has 0 spiro atoms. The predicted molar refractivity (Wildman–Crippen MR) is 40.4 cm³/mol. The van der Waals surface area contributed by atoms with Gasteiger partial charge in [0, 0.05) is 6.07 Å². The van der Waals surface area contributed by atoms with Crippen molar-refractivity contribution in [2.45, 2.75) is 0 Å². The topological polar surface area (TPSA) is 36.0 Å². The van der Waals surface area contributed by atoms with E-state index in [0.717, 1.165) is 10.2 Å². The minimum atomic E-state index is -0.989. The fraction of sp³-hybridized carbons (Fsp3) is 0. The number of aromatic nitrogens is 1. The van der Waals surface area contributed by atoms with Crippen molar-refractivity contribution in [3.05, 3.63) is 29.8 Å². The Balaban J connectivity index is 2.93. The van der Waals surface area contributed by atoms with E-state index in [4.69, 9.17) is 0 Å². The van der Waals surface area contributed by atoms with Gasteiger partial charge in [-0.2, -0.15) is 4.98 Å². The Labute approximate surface area is 60.9 Å². The summed E-state index contributed by atoms with van der Waals surface area (Å²) in [4.78, 5) is 3.96. The molecule has 50 valence electrons. The van der Waals surface area contributed by atoms with Crippen molar-refractivity contribution in [3.63, 3.8) is 0 Å². The summed E-state index contributed by atoms with van der Waals surface area (Å²) < 4.78 is 11.8. The van der Waals surface area contributed by atoms with Gasteiger partial charge < -0.3 is 4.55 Å². The summed E-state index contributed by atoms with van der Waals surface area (Å²) in [6, 6.07) is 7.44. The van der Waals surface area contributed by atoms with E-state index in [2.05, 4.69) is 4.98 Å². The van der Waals surface area contributed by atoms with Crippen LogP contribution in [0.25, 0.3) is 10.2 Å². The Hall–Kier alpha value is -0.930. The largest absolute Gasteiger partial charge is 0.589 e. The number of rotatable bonds is 0. The first-order valence-electron chi connectivity index (χ1n) is 2.92. The van der Waals surface area contributed by atoms with Crippen molar-refractivity contribution in [1.82, 2.24) is 4.98 Å². The molecule has 1 unspecified atom stereocenters. The number of para-hydroxylation sites is 1. The van der Waals surface area contributed by atoms with E-state index in [9.17, 15) is 4.55 Å². The predicted octanol–water partition coefficient (Wildman–Crippen LogP) is 1.96. The maximum absolute atomic E-state index is 11.0. The molecular weight excluding hydrogens is 146 g/mol. The van der Waals surface area contributed by atoms with E-state index in [-0.39, 0.29) is 0 Å². The first-order chi connectivity index (χ1) is 4.88. The molecule has 0 aliphatic rings. The Morgan fingerprint density at radius 1 is 1.30 bits per heavy atom. The lowest BCUT2D eigenvalue weighted by Crippen LogP contribution is -1.62. The molecule has 0 aliphatic heterocycles. The maximum Gasteiger partial charge on any atom is 0.229 e. The van der Waals surface area contributed by atoms with Crippen LogP contribution in [0.3, 0.4) is 0 Å². The average Bonchev–Trinajstić information content (AvgIpc) is 2.34. The molecule has 1 aromatic heterocycles. The van der Waals surface area contributed by atoms with Crippen LogP contribution in [0.4, 0.5) is 0 Å². The lowest BCUT2D eigenvalue weighted by Gasteiger charge is -1.84. The zero-order valence-corrected chi connectivity index (χ0v) is 5.97. The summed E-state index contributed by atoms with van der Waals surface area (Å²) in [5.41, 5.74) is 2.30. The fourth-order valence-corrected chi connectivity index (χ4v) is 1.76. The van der Waals surface area contributed by atoms with Crippen molar-refractivity contribution >= 4 is 21.0 Å². The average molecular weight is 151 g/mol. The van der Waals surface area contributed by atoms with Crippen molar-refractivity contribution in [3.8, 4) is 0 Å². The third-order valence-corrected chi connectivity index (χ3v) is 2.45. The highest BCUT2D eigenvalue weighted by atomic mass is 32.2. The lowest BCUT2D eigenvalue weighted by atomic mass is 10.3. The van der Waals surface area contributed by atoms with Crippen molar-refractivity contribution in [2.24, 2.45) is 0 Å². The van der Waals surface area contributed by atoms with Gasteiger partial charge in [-0.3, -0.25) is 0 Å². The molecule has 0 amide bonds. The molecule has 0 N–H and O–H groups in total. The fourth-order valence-electron chi connectivity index (χ4n) is 0.895. The molecule has 0 saturated carbocycles. The SMILES string of the molecule is [O-][s+]1cnc2ccccc21. The van der Waals surface area contributed by atoms with Crippen LogP contribution in [0, 0.1) is 0 Å². The second-order valence-corrected chi connectivity index (χ2v) is 3.25. The third kappa shape index (κ3) is 0.716. The molecule has 2 rings (SSSR count). The van der Waals surface area contributed by atoms with Crippen LogP contribution in [0.15, 0.2) is 29.8 Å². The molecule has 0 saturated heterocycles. The molecule has 1 atom stereocenters. The van der Waals surface area contributed by atoms with E-state index < -0.39 is 10.8 Å². The molecule has 0 aliphatic carbocycles. The summed E-state index contributed by atoms with van der Waals surface area (Å²) in [6.45, 7) is 0. The summed E-state index contributed by atoms with van der Waals surface area (Å²) in [7, 11) is -0.989. The zero-order chi connectivity index (χ0) is 6.97. The second kappa shape index (κ2) is 2.04. The van der Waals surface area contributed by atoms with Gasteiger partial charge in [0.15, 0.2) is 4.70 Å². The maximum atomic E-state index is 11.0. The minimum absolute atomic E-state index is 0.822. The van der Waals surface area contributed by atoms with Gasteiger partial charge in [0.2, 0.25) is 5.51 Å².